The van der Waals surface area contributed by atoms with Gasteiger partial charge in [-0.25, -0.2) is 0 Å². The van der Waals surface area contributed by atoms with Gasteiger partial charge in [-0.15, -0.1) is 0 Å². The van der Waals surface area contributed by atoms with Crippen molar-refractivity contribution in [3.63, 3.8) is 0 Å². The zero-order valence-electron chi connectivity index (χ0n) is 17.6. The molecule has 1 aliphatic rings. The lowest BCUT2D eigenvalue weighted by atomic mass is 10.0. The zero-order valence-corrected chi connectivity index (χ0v) is 17.6. The molecule has 1 aromatic heterocycles. The lowest BCUT2D eigenvalue weighted by molar-refractivity contribution is -0.142. The van der Waals surface area contributed by atoms with E-state index in [0.717, 1.165) is 17.7 Å². The fraction of sp³-hybridized carbons (Fsp3) is 0.455. The topological polar surface area (TPSA) is 139 Å². The van der Waals surface area contributed by atoms with Gasteiger partial charge < -0.3 is 21.5 Å². The molecule has 0 radical (unpaired) electrons. The van der Waals surface area contributed by atoms with Crippen LogP contribution in [0.3, 0.4) is 0 Å². The molecule has 3 atom stereocenters. The van der Waals surface area contributed by atoms with Crippen LogP contribution in [0, 0.1) is 5.92 Å². The summed E-state index contributed by atoms with van der Waals surface area (Å²) >= 11 is 0. The molecule has 2 amide bonds. The summed E-state index contributed by atoms with van der Waals surface area (Å²) in [6, 6.07) is 10.0. The van der Waals surface area contributed by atoms with Gasteiger partial charge in [-0.05, 0) is 43.9 Å². The van der Waals surface area contributed by atoms with E-state index in [1.165, 1.54) is 0 Å². The first-order chi connectivity index (χ1) is 14.9. The molecule has 0 spiro atoms. The number of benzene rings is 1. The summed E-state index contributed by atoms with van der Waals surface area (Å²) in [4.78, 5) is 37.1. The molecule has 166 valence electrons. The Labute approximate surface area is 181 Å². The number of carbonyl (C=O) groups excluding carboxylic acids is 2. The molecule has 31 heavy (non-hydrogen) atoms. The molecule has 9 heteroatoms. The van der Waals surface area contributed by atoms with Crippen molar-refractivity contribution in [1.29, 1.82) is 0 Å². The maximum Gasteiger partial charge on any atom is 0.308 e. The van der Waals surface area contributed by atoms with Crippen molar-refractivity contribution in [2.75, 3.05) is 6.54 Å². The average molecular weight is 428 g/mol. The fourth-order valence-corrected chi connectivity index (χ4v) is 3.99. The number of nitrogens with two attached hydrogens (primary N) is 1. The predicted molar refractivity (Wildman–Crippen MR) is 115 cm³/mol. The number of hydrogen-bond donors (Lipinski definition) is 4. The van der Waals surface area contributed by atoms with Gasteiger partial charge in [0.25, 0.3) is 5.91 Å². The highest BCUT2D eigenvalue weighted by Crippen LogP contribution is 2.26. The average Bonchev–Trinajstić information content (AvgIpc) is 3.38. The molecule has 1 aliphatic carbocycles. The molecule has 1 heterocycles. The third-order valence-electron chi connectivity index (χ3n) is 5.66. The van der Waals surface area contributed by atoms with Gasteiger partial charge >= 0.3 is 5.97 Å². The van der Waals surface area contributed by atoms with Crippen molar-refractivity contribution >= 4 is 17.8 Å². The standard InChI is InChI=1S/C22H29N5O4/c1-27-19(14-7-3-2-4-8-14)13-18(26-27)21(29)25-17(11-6-12-23)20(28)24-16-10-5-9-15(16)22(30)31/h2-4,7-8,13,15-17H,5-6,9-12,23H2,1H3,(H,24,28)(H,25,29)(H,30,31)/t15-,16+,17+/m1/s1. The number of carboxylic acid groups (broad SMARTS) is 1. The number of carbonyl (C=O) groups is 3. The van der Waals surface area contributed by atoms with E-state index in [1.54, 1.807) is 17.8 Å². The summed E-state index contributed by atoms with van der Waals surface area (Å²) in [7, 11) is 1.75. The van der Waals surface area contributed by atoms with Gasteiger partial charge in [0.2, 0.25) is 5.91 Å². The van der Waals surface area contributed by atoms with Crippen LogP contribution in [0.2, 0.25) is 0 Å². The van der Waals surface area contributed by atoms with Gasteiger partial charge in [0, 0.05) is 13.1 Å². The third-order valence-corrected chi connectivity index (χ3v) is 5.66. The van der Waals surface area contributed by atoms with Gasteiger partial charge in [0.15, 0.2) is 5.69 Å². The van der Waals surface area contributed by atoms with Crippen molar-refractivity contribution in [2.45, 2.75) is 44.2 Å². The Bertz CT molecular complexity index is 927. The lowest BCUT2D eigenvalue weighted by Crippen LogP contribution is -2.51. The molecule has 1 fully saturated rings. The highest BCUT2D eigenvalue weighted by Gasteiger charge is 2.35. The van der Waals surface area contributed by atoms with Crippen LogP contribution >= 0.6 is 0 Å². The number of aromatic nitrogens is 2. The Balaban J connectivity index is 1.71. The molecule has 1 aromatic carbocycles. The molecule has 0 bridgehead atoms. The van der Waals surface area contributed by atoms with Gasteiger partial charge in [-0.1, -0.05) is 36.8 Å². The van der Waals surface area contributed by atoms with Crippen LogP contribution in [-0.4, -0.2) is 51.3 Å². The monoisotopic (exact) mass is 427 g/mol. The fourth-order valence-electron chi connectivity index (χ4n) is 3.99. The second-order valence-electron chi connectivity index (χ2n) is 7.85. The number of hydrogen-bond acceptors (Lipinski definition) is 5. The van der Waals surface area contributed by atoms with E-state index in [9.17, 15) is 19.5 Å². The number of nitrogens with zero attached hydrogens (tertiary/aromatic N) is 2. The number of rotatable bonds is 9. The van der Waals surface area contributed by atoms with E-state index < -0.39 is 29.9 Å². The Morgan fingerprint density at radius 3 is 2.68 bits per heavy atom. The Kier molecular flexibility index (Phi) is 7.41. The third kappa shape index (κ3) is 5.49. The smallest absolute Gasteiger partial charge is 0.308 e. The van der Waals surface area contributed by atoms with Gasteiger partial charge in [0.1, 0.15) is 6.04 Å². The van der Waals surface area contributed by atoms with Crippen LogP contribution in [0.4, 0.5) is 0 Å². The highest BCUT2D eigenvalue weighted by molar-refractivity contribution is 5.97. The highest BCUT2D eigenvalue weighted by atomic mass is 16.4. The van der Waals surface area contributed by atoms with Crippen LogP contribution < -0.4 is 16.4 Å². The van der Waals surface area contributed by atoms with Crippen molar-refractivity contribution in [3.05, 3.63) is 42.1 Å². The maximum absolute atomic E-state index is 12.8. The van der Waals surface area contributed by atoms with Gasteiger partial charge in [-0.3, -0.25) is 19.1 Å². The first-order valence-corrected chi connectivity index (χ1v) is 10.5. The number of aliphatic carboxylic acids is 1. The zero-order chi connectivity index (χ0) is 22.4. The minimum absolute atomic E-state index is 0.205. The second-order valence-corrected chi connectivity index (χ2v) is 7.85. The normalized spacial score (nSPS) is 19.0. The largest absolute Gasteiger partial charge is 0.481 e. The Morgan fingerprint density at radius 2 is 2.00 bits per heavy atom. The molecule has 5 N–H and O–H groups in total. The van der Waals surface area contributed by atoms with E-state index in [4.69, 9.17) is 5.73 Å². The van der Waals surface area contributed by atoms with E-state index in [0.29, 0.717) is 32.2 Å². The molecular weight excluding hydrogens is 398 g/mol. The SMILES string of the molecule is Cn1nc(C(=O)N[C@@H](CCCN)C(=O)N[C@H]2CCC[C@H]2C(=O)O)cc1-c1ccccc1. The second kappa shape index (κ2) is 10.2. The van der Waals surface area contributed by atoms with E-state index >= 15 is 0 Å². The summed E-state index contributed by atoms with van der Waals surface area (Å²) in [5, 5.41) is 19.2. The first kappa shape index (κ1) is 22.5. The quantitative estimate of drug-likeness (QED) is 0.476. The minimum atomic E-state index is -0.910. The summed E-state index contributed by atoms with van der Waals surface area (Å²) in [5.41, 5.74) is 7.51. The number of aryl methyl sites for hydroxylation is 1. The van der Waals surface area contributed by atoms with Crippen LogP contribution in [0.25, 0.3) is 11.3 Å². The number of amides is 2. The van der Waals surface area contributed by atoms with Crippen LogP contribution in [0.15, 0.2) is 36.4 Å². The summed E-state index contributed by atoms with van der Waals surface area (Å²) in [6.45, 7) is 0.378. The molecule has 9 nitrogen and oxygen atoms in total. The van der Waals surface area contributed by atoms with Crippen molar-refractivity contribution in [1.82, 2.24) is 20.4 Å². The summed E-state index contributed by atoms with van der Waals surface area (Å²) < 4.78 is 1.62. The number of nitrogens with one attached hydrogen (secondary N) is 2. The molecular formula is C22H29N5O4. The molecule has 0 saturated heterocycles. The Hall–Kier alpha value is -3.20. The van der Waals surface area contributed by atoms with Crippen molar-refractivity contribution < 1.29 is 19.5 Å². The molecule has 0 unspecified atom stereocenters. The minimum Gasteiger partial charge on any atom is -0.481 e. The van der Waals surface area contributed by atoms with Crippen LogP contribution in [-0.2, 0) is 16.6 Å². The molecule has 2 aromatic rings. The van der Waals surface area contributed by atoms with Gasteiger partial charge in [0.05, 0.1) is 11.6 Å². The molecule has 1 saturated carbocycles. The summed E-state index contributed by atoms with van der Waals surface area (Å²) in [6.07, 6.45) is 2.80. The van der Waals surface area contributed by atoms with E-state index in [2.05, 4.69) is 15.7 Å². The Morgan fingerprint density at radius 1 is 1.26 bits per heavy atom. The van der Waals surface area contributed by atoms with Crippen LogP contribution in [0.1, 0.15) is 42.6 Å². The van der Waals surface area contributed by atoms with Crippen molar-refractivity contribution in [3.8, 4) is 11.3 Å². The van der Waals surface area contributed by atoms with E-state index in [1.807, 2.05) is 30.3 Å². The molecule has 0 aliphatic heterocycles. The first-order valence-electron chi connectivity index (χ1n) is 10.5. The lowest BCUT2D eigenvalue weighted by Gasteiger charge is -2.23. The van der Waals surface area contributed by atoms with Crippen LogP contribution in [0.5, 0.6) is 0 Å². The predicted octanol–water partition coefficient (Wildman–Crippen LogP) is 1.29. The maximum atomic E-state index is 12.8. The summed E-state index contributed by atoms with van der Waals surface area (Å²) in [5.74, 6) is -2.36. The number of carboxylic acids is 1. The van der Waals surface area contributed by atoms with Gasteiger partial charge in [-0.2, -0.15) is 5.10 Å². The molecule has 3 rings (SSSR count). The van der Waals surface area contributed by atoms with Crippen molar-refractivity contribution in [2.24, 2.45) is 18.7 Å². The van der Waals surface area contributed by atoms with E-state index in [-0.39, 0.29) is 11.6 Å².